The fourth-order valence-corrected chi connectivity index (χ4v) is 6.78. The second kappa shape index (κ2) is 8.27. The Balaban J connectivity index is 1.58. The summed E-state index contributed by atoms with van der Waals surface area (Å²) in [5, 5.41) is 14.0. The Morgan fingerprint density at radius 3 is 2.54 bits per heavy atom. The van der Waals surface area contributed by atoms with Gasteiger partial charge in [-0.1, -0.05) is 56.3 Å². The van der Waals surface area contributed by atoms with Gasteiger partial charge in [-0.05, 0) is 38.2 Å². The lowest BCUT2D eigenvalue weighted by Gasteiger charge is -2.46. The normalized spacial score (nSPS) is 46.1. The van der Waals surface area contributed by atoms with E-state index in [1.165, 1.54) is 6.92 Å². The van der Waals surface area contributed by atoms with Crippen LogP contribution in [0, 0.1) is 23.7 Å². The third-order valence-corrected chi connectivity index (χ3v) is 8.95. The van der Waals surface area contributed by atoms with E-state index in [1.54, 1.807) is 13.0 Å². The molecule has 4 aliphatic rings. The number of benzene rings is 1. The van der Waals surface area contributed by atoms with Gasteiger partial charge in [-0.25, -0.2) is 0 Å². The maximum Gasteiger partial charge on any atom is 0.306 e. The summed E-state index contributed by atoms with van der Waals surface area (Å²) in [4.78, 5) is 39.7. The highest BCUT2D eigenvalue weighted by Crippen LogP contribution is 2.63. The highest BCUT2D eigenvalue weighted by molar-refractivity contribution is 5.93. The van der Waals surface area contributed by atoms with E-state index in [2.05, 4.69) is 19.2 Å². The zero-order chi connectivity index (χ0) is 25.2. The predicted octanol–water partition coefficient (Wildman–Crippen LogP) is 2.75. The number of hydrogen-bond donors (Lipinski definition) is 2. The molecule has 7 nitrogen and oxygen atoms in total. The molecule has 1 saturated carbocycles. The zero-order valence-corrected chi connectivity index (χ0v) is 20.8. The second-order valence-corrected chi connectivity index (χ2v) is 11.3. The van der Waals surface area contributed by atoms with E-state index < -0.39 is 34.6 Å². The average Bonchev–Trinajstić information content (AvgIpc) is 3.43. The van der Waals surface area contributed by atoms with Crippen LogP contribution in [0.2, 0.25) is 0 Å². The monoisotopic (exact) mass is 481 g/mol. The fraction of sp³-hybridized carbons (Fsp3) is 0.607. The molecule has 1 aromatic rings. The van der Waals surface area contributed by atoms with E-state index >= 15 is 0 Å². The largest absolute Gasteiger partial charge is 0.448 e. The molecule has 3 fully saturated rings. The zero-order valence-electron chi connectivity index (χ0n) is 20.8. The maximum absolute atomic E-state index is 13.8. The Bertz CT molecular complexity index is 1070. The number of carbonyl (C=O) groups excluding carboxylic acids is 3. The van der Waals surface area contributed by atoms with Crippen LogP contribution in [-0.4, -0.2) is 51.7 Å². The van der Waals surface area contributed by atoms with Gasteiger partial charge in [-0.15, -0.1) is 0 Å². The van der Waals surface area contributed by atoms with Crippen molar-refractivity contribution in [2.24, 2.45) is 23.7 Å². The number of ketones is 1. The molecule has 0 aromatic heterocycles. The van der Waals surface area contributed by atoms with Crippen molar-refractivity contribution >= 4 is 17.7 Å². The molecule has 1 aromatic carbocycles. The molecule has 0 bridgehead atoms. The van der Waals surface area contributed by atoms with Crippen LogP contribution in [0.1, 0.15) is 52.5 Å². The second-order valence-electron chi connectivity index (χ2n) is 11.3. The van der Waals surface area contributed by atoms with E-state index in [1.807, 2.05) is 36.4 Å². The first-order chi connectivity index (χ1) is 16.5. The molecule has 3 unspecified atom stereocenters. The Labute approximate surface area is 206 Å². The number of hydrogen-bond acceptors (Lipinski definition) is 6. The predicted molar refractivity (Wildman–Crippen MR) is 128 cm³/mol. The van der Waals surface area contributed by atoms with Crippen molar-refractivity contribution in [1.29, 1.82) is 0 Å². The minimum absolute atomic E-state index is 0.00168. The van der Waals surface area contributed by atoms with E-state index in [4.69, 9.17) is 9.47 Å². The summed E-state index contributed by atoms with van der Waals surface area (Å²) >= 11 is 0. The minimum Gasteiger partial charge on any atom is -0.448 e. The number of Topliss-reactive ketones (excluding diaryl/α,β-unsaturated/α-hetero) is 1. The van der Waals surface area contributed by atoms with Crippen molar-refractivity contribution < 1.29 is 29.0 Å². The fourth-order valence-electron chi connectivity index (χ4n) is 6.78. The average molecular weight is 482 g/mol. The van der Waals surface area contributed by atoms with Gasteiger partial charge in [-0.3, -0.25) is 14.4 Å². The van der Waals surface area contributed by atoms with Crippen LogP contribution in [-0.2, 0) is 30.3 Å². The topological polar surface area (TPSA) is 105 Å². The first-order valence-corrected chi connectivity index (χ1v) is 12.7. The summed E-state index contributed by atoms with van der Waals surface area (Å²) in [7, 11) is 0. The van der Waals surface area contributed by atoms with Crippen molar-refractivity contribution in [3.63, 3.8) is 0 Å². The van der Waals surface area contributed by atoms with Crippen LogP contribution in [0.3, 0.4) is 0 Å². The lowest BCUT2D eigenvalue weighted by molar-refractivity contribution is -0.182. The number of nitrogens with one attached hydrogen (secondary N) is 1. The van der Waals surface area contributed by atoms with E-state index in [-0.39, 0.29) is 54.9 Å². The molecule has 188 valence electrons. The van der Waals surface area contributed by atoms with Crippen LogP contribution in [0.4, 0.5) is 0 Å². The van der Waals surface area contributed by atoms with Gasteiger partial charge in [0.1, 0.15) is 5.60 Å². The first kappa shape index (κ1) is 24.2. The molecule has 2 N–H and O–H groups in total. The van der Waals surface area contributed by atoms with Crippen molar-refractivity contribution in [2.45, 2.75) is 82.3 Å². The number of amides is 1. The molecule has 1 aliphatic carbocycles. The van der Waals surface area contributed by atoms with Crippen molar-refractivity contribution in [1.82, 2.24) is 5.32 Å². The standard InChI is InChI=1S/C28H35NO6/c1-16-12-13-21(30)34-28-19(11-8-14-26(3,33)23(16)31)24-27(4,35-24)17(2)22(28)20(29-25(28)32)15-18-9-6-5-7-10-18/h5-11,16-17,19-20,22,24,33H,12-15H2,1-4H3,(H,29,32)/b11-8+/t16?,17-,19-,20-,22-,24?,26?,27+,28+/m0/s1. The highest BCUT2D eigenvalue weighted by atomic mass is 16.6. The molecular formula is C28H35NO6. The summed E-state index contributed by atoms with van der Waals surface area (Å²) < 4.78 is 12.4. The van der Waals surface area contributed by atoms with E-state index in [0.717, 1.165) is 5.56 Å². The number of ether oxygens (including phenoxy) is 2. The lowest BCUT2D eigenvalue weighted by Crippen LogP contribution is -2.61. The molecule has 1 spiro atoms. The molecule has 5 rings (SSSR count). The van der Waals surface area contributed by atoms with Gasteiger partial charge in [-0.2, -0.15) is 0 Å². The SMILES string of the molecule is CC1CCC(=O)O[C@@]23C(=O)N[C@@H](Cc4ccccc4)[C@@H]2[C@H](C)[C@@]2(C)OC2[C@@H]3/C=C/CC(C)(O)C1=O. The van der Waals surface area contributed by atoms with E-state index in [9.17, 15) is 19.5 Å². The van der Waals surface area contributed by atoms with Crippen LogP contribution >= 0.6 is 0 Å². The van der Waals surface area contributed by atoms with Gasteiger partial charge < -0.3 is 19.9 Å². The lowest BCUT2D eigenvalue weighted by atomic mass is 9.59. The molecule has 7 heteroatoms. The Morgan fingerprint density at radius 2 is 1.83 bits per heavy atom. The summed E-state index contributed by atoms with van der Waals surface area (Å²) in [5.74, 6) is -2.42. The smallest absolute Gasteiger partial charge is 0.306 e. The van der Waals surface area contributed by atoms with Gasteiger partial charge in [0.2, 0.25) is 5.60 Å². The van der Waals surface area contributed by atoms with E-state index in [0.29, 0.717) is 6.42 Å². The van der Waals surface area contributed by atoms with Gasteiger partial charge in [0.25, 0.3) is 5.91 Å². The molecule has 0 radical (unpaired) electrons. The highest BCUT2D eigenvalue weighted by Gasteiger charge is 2.78. The van der Waals surface area contributed by atoms with Crippen LogP contribution in [0.15, 0.2) is 42.5 Å². The van der Waals surface area contributed by atoms with Crippen molar-refractivity contribution in [3.8, 4) is 0 Å². The van der Waals surface area contributed by atoms with Crippen molar-refractivity contribution in [2.75, 3.05) is 0 Å². The summed E-state index contributed by atoms with van der Waals surface area (Å²) in [6.45, 7) is 7.37. The molecular weight excluding hydrogens is 446 g/mol. The molecule has 9 atom stereocenters. The Kier molecular flexibility index (Phi) is 5.72. The number of carbonyl (C=O) groups is 3. The number of epoxide rings is 1. The quantitative estimate of drug-likeness (QED) is 0.382. The molecule has 35 heavy (non-hydrogen) atoms. The van der Waals surface area contributed by atoms with Gasteiger partial charge in [0, 0.05) is 30.7 Å². The van der Waals surface area contributed by atoms with Crippen LogP contribution in [0.5, 0.6) is 0 Å². The van der Waals surface area contributed by atoms with Gasteiger partial charge in [0.15, 0.2) is 5.78 Å². The van der Waals surface area contributed by atoms with Gasteiger partial charge >= 0.3 is 5.97 Å². The number of fused-ring (bicyclic) bond motifs is 2. The molecule has 1 amide bonds. The molecule has 3 heterocycles. The third kappa shape index (κ3) is 3.75. The third-order valence-electron chi connectivity index (χ3n) is 8.95. The number of aliphatic hydroxyl groups is 1. The summed E-state index contributed by atoms with van der Waals surface area (Å²) in [6.07, 6.45) is 4.29. The van der Waals surface area contributed by atoms with Crippen LogP contribution < -0.4 is 5.32 Å². The molecule has 3 aliphatic heterocycles. The Hall–Kier alpha value is -2.51. The van der Waals surface area contributed by atoms with Crippen molar-refractivity contribution in [3.05, 3.63) is 48.0 Å². The number of esters is 1. The summed E-state index contributed by atoms with van der Waals surface area (Å²) in [5.41, 5.74) is -2.29. The number of rotatable bonds is 2. The van der Waals surface area contributed by atoms with Gasteiger partial charge in [0.05, 0.1) is 17.6 Å². The maximum atomic E-state index is 13.8. The molecule has 2 saturated heterocycles. The van der Waals surface area contributed by atoms with Crippen LogP contribution in [0.25, 0.3) is 0 Å². The first-order valence-electron chi connectivity index (χ1n) is 12.7. The minimum atomic E-state index is -1.55. The Morgan fingerprint density at radius 1 is 1.11 bits per heavy atom. The summed E-state index contributed by atoms with van der Waals surface area (Å²) in [6, 6.07) is 9.76.